The third-order valence-corrected chi connectivity index (χ3v) is 7.85. The number of carbonyl (C=O) groups is 1. The molecule has 0 aliphatic carbocycles. The Morgan fingerprint density at radius 2 is 1.44 bits per heavy atom. The van der Waals surface area contributed by atoms with Crippen LogP contribution in [0.25, 0.3) is 5.57 Å². The van der Waals surface area contributed by atoms with Crippen LogP contribution in [0.3, 0.4) is 0 Å². The van der Waals surface area contributed by atoms with E-state index in [9.17, 15) is 9.36 Å². The van der Waals surface area contributed by atoms with E-state index in [0.717, 1.165) is 11.1 Å². The summed E-state index contributed by atoms with van der Waals surface area (Å²) >= 11 is 0. The monoisotopic (exact) mass is 374 g/mol. The maximum absolute atomic E-state index is 14.5. The van der Waals surface area contributed by atoms with Gasteiger partial charge >= 0.3 is 5.97 Å². The molecule has 0 radical (unpaired) electrons. The summed E-state index contributed by atoms with van der Waals surface area (Å²) in [7, 11) is -3.32. The minimum absolute atomic E-state index is 0.232. The predicted molar refractivity (Wildman–Crippen MR) is 109 cm³/mol. The van der Waals surface area contributed by atoms with Crippen molar-refractivity contribution < 1.29 is 14.1 Å². The van der Waals surface area contributed by atoms with Gasteiger partial charge in [-0.2, -0.15) is 0 Å². The molecule has 0 spiro atoms. The molecule has 3 nitrogen and oxygen atoms in total. The minimum Gasteiger partial charge on any atom is -0.462 e. The van der Waals surface area contributed by atoms with E-state index in [1.165, 1.54) is 0 Å². The Balaban J connectivity index is 2.10. The van der Waals surface area contributed by atoms with Crippen LogP contribution in [0.15, 0.2) is 90.2 Å². The second kappa shape index (κ2) is 7.02. The predicted octanol–water partition coefficient (Wildman–Crippen LogP) is 4.34. The van der Waals surface area contributed by atoms with Crippen molar-refractivity contribution in [1.82, 2.24) is 0 Å². The molecule has 1 heterocycles. The van der Waals surface area contributed by atoms with Crippen LogP contribution in [0.4, 0.5) is 0 Å². The van der Waals surface area contributed by atoms with Crippen LogP contribution in [-0.4, -0.2) is 12.6 Å². The number of benzene rings is 3. The normalized spacial score (nSPS) is 18.3. The largest absolute Gasteiger partial charge is 0.462 e. The van der Waals surface area contributed by atoms with Gasteiger partial charge in [-0.1, -0.05) is 84.9 Å². The van der Waals surface area contributed by atoms with E-state index in [4.69, 9.17) is 4.74 Å². The van der Waals surface area contributed by atoms with Gasteiger partial charge in [-0.15, -0.1) is 0 Å². The average molecular weight is 374 g/mol. The van der Waals surface area contributed by atoms with E-state index in [1.54, 1.807) is 6.92 Å². The molecule has 27 heavy (non-hydrogen) atoms. The summed E-state index contributed by atoms with van der Waals surface area (Å²) in [5.74, 6) is -0.514. The molecule has 4 rings (SSSR count). The molecule has 4 heteroatoms. The first-order chi connectivity index (χ1) is 13.2. The third kappa shape index (κ3) is 2.75. The fourth-order valence-corrected chi connectivity index (χ4v) is 6.68. The standard InChI is InChI=1S/C23H19O3P/c1-2-26-23(24)22-21(17-11-5-3-6-12-17)19-15-9-10-16-20(19)27(22,25)18-13-7-4-8-14-18/h3-16H,2H2,1H3/t27-/m1/s1. The summed E-state index contributed by atoms with van der Waals surface area (Å²) in [5.41, 5.74) is 2.40. The average Bonchev–Trinajstić information content (AvgIpc) is 3.00. The van der Waals surface area contributed by atoms with Crippen LogP contribution in [-0.2, 0) is 14.1 Å². The van der Waals surface area contributed by atoms with Crippen molar-refractivity contribution in [2.45, 2.75) is 6.92 Å². The molecular weight excluding hydrogens is 355 g/mol. The van der Waals surface area contributed by atoms with E-state index >= 15 is 0 Å². The second-order valence-electron chi connectivity index (χ2n) is 6.27. The Kier molecular flexibility index (Phi) is 4.55. The highest BCUT2D eigenvalue weighted by atomic mass is 31.2. The lowest BCUT2D eigenvalue weighted by atomic mass is 9.98. The number of esters is 1. The van der Waals surface area contributed by atoms with Crippen LogP contribution in [0.1, 0.15) is 18.1 Å². The molecular formula is C23H19O3P. The van der Waals surface area contributed by atoms with Crippen LogP contribution in [0, 0.1) is 0 Å². The van der Waals surface area contributed by atoms with E-state index in [2.05, 4.69) is 0 Å². The summed E-state index contributed by atoms with van der Waals surface area (Å²) in [4.78, 5) is 13.0. The molecule has 0 bridgehead atoms. The van der Waals surface area contributed by atoms with Gasteiger partial charge < -0.3 is 9.30 Å². The lowest BCUT2D eigenvalue weighted by molar-refractivity contribution is -0.137. The quantitative estimate of drug-likeness (QED) is 0.504. The topological polar surface area (TPSA) is 43.4 Å². The van der Waals surface area contributed by atoms with Crippen LogP contribution in [0.2, 0.25) is 0 Å². The van der Waals surface area contributed by atoms with Gasteiger partial charge in [0.1, 0.15) is 5.31 Å². The van der Waals surface area contributed by atoms with Gasteiger partial charge in [0.25, 0.3) is 0 Å². The van der Waals surface area contributed by atoms with Crippen molar-refractivity contribution in [1.29, 1.82) is 0 Å². The van der Waals surface area contributed by atoms with Crippen LogP contribution < -0.4 is 10.6 Å². The molecule has 0 unspecified atom stereocenters. The van der Waals surface area contributed by atoms with Gasteiger partial charge in [-0.05, 0) is 18.1 Å². The highest BCUT2D eigenvalue weighted by Gasteiger charge is 2.46. The molecule has 1 atom stereocenters. The SMILES string of the molecule is CCOC(=O)C1=C(c2ccccc2)c2ccccc2[P@]1(=O)c1ccccc1. The number of ether oxygens (including phenoxy) is 1. The molecule has 0 N–H and O–H groups in total. The first-order valence-electron chi connectivity index (χ1n) is 8.91. The lowest BCUT2D eigenvalue weighted by Crippen LogP contribution is -2.19. The Morgan fingerprint density at radius 1 is 0.852 bits per heavy atom. The fraction of sp³-hybridized carbons (Fsp3) is 0.0870. The Bertz CT molecular complexity index is 1070. The Morgan fingerprint density at radius 3 is 2.11 bits per heavy atom. The maximum Gasteiger partial charge on any atom is 0.342 e. The minimum atomic E-state index is -3.32. The van der Waals surface area contributed by atoms with Gasteiger partial charge in [-0.25, -0.2) is 4.79 Å². The van der Waals surface area contributed by atoms with Crippen molar-refractivity contribution >= 4 is 29.3 Å². The molecule has 134 valence electrons. The molecule has 0 amide bonds. The van der Waals surface area contributed by atoms with Gasteiger partial charge in [-0.3, -0.25) is 0 Å². The smallest absolute Gasteiger partial charge is 0.342 e. The van der Waals surface area contributed by atoms with E-state index in [0.29, 0.717) is 16.2 Å². The highest BCUT2D eigenvalue weighted by molar-refractivity contribution is 7.84. The second-order valence-corrected chi connectivity index (χ2v) is 8.94. The van der Waals surface area contributed by atoms with Crippen LogP contribution >= 0.6 is 7.14 Å². The summed E-state index contributed by atoms with van der Waals surface area (Å²) in [6, 6.07) is 26.4. The fourth-order valence-electron chi connectivity index (χ4n) is 3.60. The molecule has 1 aliphatic heterocycles. The van der Waals surface area contributed by atoms with Gasteiger partial charge in [0.15, 0.2) is 7.14 Å². The molecule has 0 saturated heterocycles. The number of hydrogen-bond acceptors (Lipinski definition) is 3. The number of rotatable bonds is 4. The molecule has 0 aromatic heterocycles. The number of hydrogen-bond donors (Lipinski definition) is 0. The third-order valence-electron chi connectivity index (χ3n) is 4.72. The molecule has 0 fully saturated rings. The van der Waals surface area contributed by atoms with Gasteiger partial charge in [0.2, 0.25) is 0 Å². The van der Waals surface area contributed by atoms with Crippen LogP contribution in [0.5, 0.6) is 0 Å². The van der Waals surface area contributed by atoms with E-state index < -0.39 is 13.1 Å². The Hall–Kier alpha value is -2.90. The maximum atomic E-state index is 14.5. The number of carbonyl (C=O) groups excluding carboxylic acids is 1. The van der Waals surface area contributed by atoms with Crippen molar-refractivity contribution in [3.05, 3.63) is 101 Å². The molecule has 0 saturated carbocycles. The van der Waals surface area contributed by atoms with Gasteiger partial charge in [0.05, 0.1) is 6.61 Å². The first-order valence-corrected chi connectivity index (χ1v) is 10.6. The number of fused-ring (bicyclic) bond motifs is 1. The van der Waals surface area contributed by atoms with Crippen molar-refractivity contribution in [3.63, 3.8) is 0 Å². The van der Waals surface area contributed by atoms with E-state index in [1.807, 2.05) is 84.9 Å². The summed E-state index contributed by atoms with van der Waals surface area (Å²) in [6.45, 7) is 1.99. The highest BCUT2D eigenvalue weighted by Crippen LogP contribution is 2.61. The molecule has 3 aromatic rings. The molecule has 3 aromatic carbocycles. The van der Waals surface area contributed by atoms with E-state index in [-0.39, 0.29) is 11.9 Å². The Labute approximate surface area is 158 Å². The van der Waals surface area contributed by atoms with Crippen molar-refractivity contribution in [2.75, 3.05) is 6.61 Å². The lowest BCUT2D eigenvalue weighted by Gasteiger charge is -2.17. The van der Waals surface area contributed by atoms with Crippen molar-refractivity contribution in [2.24, 2.45) is 0 Å². The zero-order valence-electron chi connectivity index (χ0n) is 15.0. The zero-order chi connectivity index (χ0) is 18.9. The zero-order valence-corrected chi connectivity index (χ0v) is 15.9. The molecule has 1 aliphatic rings. The van der Waals surface area contributed by atoms with Crippen molar-refractivity contribution in [3.8, 4) is 0 Å². The summed E-state index contributed by atoms with van der Waals surface area (Å²) in [5, 5.41) is 1.60. The van der Waals surface area contributed by atoms with Gasteiger partial charge in [0, 0.05) is 16.2 Å². The summed E-state index contributed by atoms with van der Waals surface area (Å²) < 4.78 is 19.9. The first kappa shape index (κ1) is 17.5. The summed E-state index contributed by atoms with van der Waals surface area (Å²) in [6.07, 6.45) is 0.